The smallest absolute Gasteiger partial charge is 0.408 e. The first-order valence-corrected chi connectivity index (χ1v) is 21.8. The van der Waals surface area contributed by atoms with Crippen LogP contribution < -0.4 is 19.5 Å². The zero-order valence-electron chi connectivity index (χ0n) is 33.8. The monoisotopic (exact) mass is 829 g/mol. The lowest BCUT2D eigenvalue weighted by atomic mass is 9.85. The number of hydrogen-bond acceptors (Lipinski definition) is 9. The maximum Gasteiger partial charge on any atom is 0.408 e. The number of nitrogens with one attached hydrogen (secondary N) is 2. The largest absolute Gasteiger partial charge is 0.478 e. The van der Waals surface area contributed by atoms with Gasteiger partial charge in [0, 0.05) is 39.7 Å². The topological polar surface area (TPSA) is 185 Å². The third-order valence-corrected chi connectivity index (χ3v) is 14.4. The predicted molar refractivity (Wildman–Crippen MR) is 215 cm³/mol. The molecular formula is C41H56ClN5O9S. The summed E-state index contributed by atoms with van der Waals surface area (Å²) in [4.78, 5) is 64.0. The van der Waals surface area contributed by atoms with Gasteiger partial charge in [-0.1, -0.05) is 50.6 Å². The molecular weight excluding hydrogens is 774 g/mol. The number of nitrogens with zero attached hydrogens (tertiary/aromatic N) is 3. The summed E-state index contributed by atoms with van der Waals surface area (Å²) in [5, 5.41) is 15.2. The first kappa shape index (κ1) is 42.5. The number of rotatable bonds is 9. The lowest BCUT2D eigenvalue weighted by Crippen LogP contribution is -2.62. The minimum absolute atomic E-state index is 0.0317. The number of halogens is 1. The van der Waals surface area contributed by atoms with Crippen LogP contribution in [0.5, 0.6) is 11.8 Å². The molecule has 2 aromatic rings. The van der Waals surface area contributed by atoms with Crippen molar-refractivity contribution in [1.82, 2.24) is 24.8 Å². The molecule has 2 aliphatic heterocycles. The zero-order valence-corrected chi connectivity index (χ0v) is 35.4. The lowest BCUT2D eigenvalue weighted by Gasteiger charge is -2.43. The highest BCUT2D eigenvalue weighted by Gasteiger charge is 2.63. The number of hydrogen-bond donors (Lipinski definition) is 3. The van der Waals surface area contributed by atoms with Crippen LogP contribution in [0.4, 0.5) is 4.79 Å². The molecule has 3 heterocycles. The minimum Gasteiger partial charge on any atom is -0.478 e. The summed E-state index contributed by atoms with van der Waals surface area (Å²) in [6.45, 7) is 12.9. The van der Waals surface area contributed by atoms with Gasteiger partial charge < -0.3 is 24.8 Å². The average Bonchev–Trinajstić information content (AvgIpc) is 4.00. The Labute approximate surface area is 340 Å². The van der Waals surface area contributed by atoms with E-state index in [0.717, 1.165) is 12.8 Å². The number of carboxylic acid groups (broad SMARTS) is 1. The van der Waals surface area contributed by atoms with Crippen LogP contribution in [-0.2, 0) is 24.4 Å². The van der Waals surface area contributed by atoms with E-state index in [1.54, 1.807) is 52.0 Å². The molecule has 4 amide bonds. The van der Waals surface area contributed by atoms with Gasteiger partial charge in [0.05, 0.1) is 17.9 Å². The molecule has 3 fully saturated rings. The van der Waals surface area contributed by atoms with Gasteiger partial charge in [0.15, 0.2) is 0 Å². The van der Waals surface area contributed by atoms with E-state index in [1.807, 2.05) is 26.0 Å². The number of carbonyl (C=O) groups excluding carboxylic acids is 3. The maximum atomic E-state index is 15.1. The Hall–Kier alpha value is -4.11. The lowest BCUT2D eigenvalue weighted by molar-refractivity contribution is -0.146. The van der Waals surface area contributed by atoms with E-state index in [-0.39, 0.29) is 37.1 Å². The normalized spacial score (nSPS) is 29.5. The number of pyridine rings is 1. The summed E-state index contributed by atoms with van der Waals surface area (Å²) in [5.74, 6) is -2.43. The van der Waals surface area contributed by atoms with Gasteiger partial charge in [-0.05, 0) is 96.6 Å². The number of aromatic nitrogens is 1. The van der Waals surface area contributed by atoms with E-state index in [1.165, 1.54) is 9.80 Å². The van der Waals surface area contributed by atoms with Crippen molar-refractivity contribution >= 4 is 56.2 Å². The molecule has 0 radical (unpaired) electrons. The fourth-order valence-corrected chi connectivity index (χ4v) is 9.82. The SMILES string of the molecule is CCCOc1cc2c(Cl)cccc2c(O[C@@H]2C[C@H]3C(=O)N[C@]4(C(=O)NS(=O)(=O)C5(C)CC5)C[C@H]4/C=C\CC[C@@H](C)C[C@@H](C)[C@H](N(C(=O)O)C(C)(C)C)C(=O)N3C2)n1. The fraction of sp³-hybridized carbons (Fsp3) is 0.634. The third kappa shape index (κ3) is 8.69. The van der Waals surface area contributed by atoms with Crippen LogP contribution in [0.3, 0.4) is 0 Å². The van der Waals surface area contributed by atoms with Gasteiger partial charge in [0.25, 0.3) is 5.91 Å². The fourth-order valence-electron chi connectivity index (χ4n) is 8.28. The summed E-state index contributed by atoms with van der Waals surface area (Å²) >= 11 is 6.60. The van der Waals surface area contributed by atoms with E-state index in [0.29, 0.717) is 48.1 Å². The van der Waals surface area contributed by atoms with E-state index in [9.17, 15) is 27.9 Å². The summed E-state index contributed by atoms with van der Waals surface area (Å²) in [6, 6.07) is 4.64. The number of carbonyl (C=O) groups is 4. The van der Waals surface area contributed by atoms with Crippen molar-refractivity contribution < 1.29 is 42.2 Å². The third-order valence-electron chi connectivity index (χ3n) is 11.9. The molecule has 16 heteroatoms. The first-order valence-electron chi connectivity index (χ1n) is 20.0. The Kier molecular flexibility index (Phi) is 11.9. The highest BCUT2D eigenvalue weighted by molar-refractivity contribution is 7.91. The molecule has 14 nitrogen and oxygen atoms in total. The Bertz CT molecular complexity index is 2050. The number of amides is 4. The molecule has 0 spiro atoms. The Balaban J connectivity index is 1.41. The highest BCUT2D eigenvalue weighted by atomic mass is 35.5. The van der Waals surface area contributed by atoms with Gasteiger partial charge in [-0.15, -0.1) is 0 Å². The van der Waals surface area contributed by atoms with Gasteiger partial charge in [0.1, 0.15) is 23.7 Å². The first-order chi connectivity index (χ1) is 26.7. The standard InChI is InChI=1S/C41H56ClN5O9S/c1-8-18-55-32-21-29-28(14-11-15-30(29)42)35(43-32)56-27-20-31-34(48)44-41(37(50)45-57(53,54)40(7)16-17-40)22-26(41)13-10-9-12-24(2)19-25(3)33(36(49)46(31)23-27)47(38(51)52)39(4,5)6/h10-11,13-15,21,24-27,31,33H,8-9,12,16-20,22-23H2,1-7H3,(H,44,48)(H,45,50)(H,51,52)/b13-10-/t24-,25-,26-,27-,31+,33+,41-/m1/s1. The van der Waals surface area contributed by atoms with Crippen molar-refractivity contribution in [2.24, 2.45) is 17.8 Å². The Morgan fingerprint density at radius 1 is 1.16 bits per heavy atom. The molecule has 2 aliphatic carbocycles. The number of sulfonamides is 1. The van der Waals surface area contributed by atoms with Crippen LogP contribution >= 0.6 is 11.6 Å². The summed E-state index contributed by atoms with van der Waals surface area (Å²) < 4.78 is 40.1. The number of ether oxygens (including phenoxy) is 2. The van der Waals surface area contributed by atoms with Crippen LogP contribution in [0, 0.1) is 17.8 Å². The maximum absolute atomic E-state index is 15.1. The second-order valence-corrected chi connectivity index (χ2v) is 20.3. The zero-order chi connectivity index (χ0) is 41.7. The van der Waals surface area contributed by atoms with Crippen molar-refractivity contribution in [3.05, 3.63) is 41.4 Å². The van der Waals surface area contributed by atoms with E-state index in [2.05, 4.69) is 21.9 Å². The molecule has 0 bridgehead atoms. The van der Waals surface area contributed by atoms with Crippen molar-refractivity contribution in [3.63, 3.8) is 0 Å². The summed E-state index contributed by atoms with van der Waals surface area (Å²) in [5.41, 5.74) is -2.56. The molecule has 1 saturated heterocycles. The molecule has 6 rings (SSSR count). The average molecular weight is 830 g/mol. The molecule has 4 aliphatic rings. The molecule has 3 N–H and O–H groups in total. The van der Waals surface area contributed by atoms with Gasteiger partial charge in [-0.25, -0.2) is 13.2 Å². The molecule has 2 saturated carbocycles. The van der Waals surface area contributed by atoms with E-state index >= 15 is 4.79 Å². The minimum atomic E-state index is -4.03. The molecule has 1 aromatic heterocycles. The number of benzene rings is 1. The van der Waals surface area contributed by atoms with Crippen LogP contribution in [-0.4, -0.2) is 99.3 Å². The quantitative estimate of drug-likeness (QED) is 0.251. The van der Waals surface area contributed by atoms with Crippen LogP contribution in [0.25, 0.3) is 10.8 Å². The van der Waals surface area contributed by atoms with Crippen molar-refractivity contribution in [1.29, 1.82) is 0 Å². The predicted octanol–water partition coefficient (Wildman–Crippen LogP) is 6.06. The molecule has 7 atom stereocenters. The number of fused-ring (bicyclic) bond motifs is 3. The van der Waals surface area contributed by atoms with Crippen molar-refractivity contribution in [2.45, 2.75) is 134 Å². The Morgan fingerprint density at radius 3 is 2.53 bits per heavy atom. The van der Waals surface area contributed by atoms with Crippen LogP contribution in [0.2, 0.25) is 5.02 Å². The van der Waals surface area contributed by atoms with Crippen LogP contribution in [0.15, 0.2) is 36.4 Å². The molecule has 1 aromatic carbocycles. The molecule has 57 heavy (non-hydrogen) atoms. The van der Waals surface area contributed by atoms with Gasteiger partial charge in [-0.3, -0.25) is 24.0 Å². The van der Waals surface area contributed by atoms with Gasteiger partial charge in [-0.2, -0.15) is 4.98 Å². The van der Waals surface area contributed by atoms with Gasteiger partial charge in [0.2, 0.25) is 33.6 Å². The second kappa shape index (κ2) is 15.9. The molecule has 312 valence electrons. The Morgan fingerprint density at radius 2 is 1.88 bits per heavy atom. The van der Waals surface area contributed by atoms with Gasteiger partial charge >= 0.3 is 6.09 Å². The summed E-state index contributed by atoms with van der Waals surface area (Å²) in [7, 11) is -4.03. The second-order valence-electron chi connectivity index (χ2n) is 17.7. The van der Waals surface area contributed by atoms with Crippen LogP contribution in [0.1, 0.15) is 99.8 Å². The highest BCUT2D eigenvalue weighted by Crippen LogP contribution is 2.48. The summed E-state index contributed by atoms with van der Waals surface area (Å²) in [6.07, 6.45) is 5.32. The van der Waals surface area contributed by atoms with E-state index < -0.39 is 79.7 Å². The van der Waals surface area contributed by atoms with E-state index in [4.69, 9.17) is 21.1 Å². The van der Waals surface area contributed by atoms with Crippen molar-refractivity contribution in [2.75, 3.05) is 13.2 Å². The number of allylic oxidation sites excluding steroid dienone is 1. The van der Waals surface area contributed by atoms with Crippen molar-refractivity contribution in [3.8, 4) is 11.8 Å². The molecule has 0 unspecified atom stereocenters.